The first-order chi connectivity index (χ1) is 7.93. The highest BCUT2D eigenvalue weighted by atomic mass is 14.6. The molecule has 0 amide bonds. The van der Waals surface area contributed by atoms with Crippen LogP contribution in [0.2, 0.25) is 0 Å². The van der Waals surface area contributed by atoms with E-state index in [9.17, 15) is 0 Å². The minimum atomic E-state index is 0.787. The third kappa shape index (κ3) is 0.640. The van der Waals surface area contributed by atoms with Gasteiger partial charge in [0.05, 0.1) is 0 Å². The van der Waals surface area contributed by atoms with Crippen molar-refractivity contribution in [3.63, 3.8) is 0 Å². The molecular weight excluding hydrogens is 192 g/mol. The Kier molecular flexibility index (Phi) is 1.08. The van der Waals surface area contributed by atoms with Gasteiger partial charge in [0.25, 0.3) is 0 Å². The van der Waals surface area contributed by atoms with Crippen LogP contribution in [0.4, 0.5) is 0 Å². The molecule has 0 N–H and O–H groups in total. The Labute approximate surface area is 95.0 Å². The maximum Gasteiger partial charge on any atom is -0.00120 e. The highest BCUT2D eigenvalue weighted by Gasteiger charge is 2.57. The molecule has 0 heteroatoms. The van der Waals surface area contributed by atoms with Gasteiger partial charge >= 0.3 is 0 Å². The molecule has 1 fully saturated rings. The second-order valence-corrected chi connectivity index (χ2v) is 5.41. The van der Waals surface area contributed by atoms with E-state index < -0.39 is 0 Å². The van der Waals surface area contributed by atoms with E-state index in [1.165, 1.54) is 11.1 Å². The standard InChI is InChI=1S/C16H12/c1-3-9-7-13-14-8-10-4-2-6-12(10)16(14)15(13)11(9)5-1/h1-8,13-16H/t13-,14-,15-,16-/m1/s1. The van der Waals surface area contributed by atoms with Crippen molar-refractivity contribution in [3.05, 3.63) is 70.9 Å². The highest BCUT2D eigenvalue weighted by Crippen LogP contribution is 2.65. The smallest absolute Gasteiger partial charge is 0.00120 e. The molecule has 0 aliphatic heterocycles. The molecule has 0 bridgehead atoms. The fraction of sp³-hybridized carbons (Fsp3) is 0.250. The second-order valence-electron chi connectivity index (χ2n) is 5.41. The average molecular weight is 204 g/mol. The summed E-state index contributed by atoms with van der Waals surface area (Å²) in [5.41, 5.74) is 6.22. The summed E-state index contributed by atoms with van der Waals surface area (Å²) in [4.78, 5) is 0. The summed E-state index contributed by atoms with van der Waals surface area (Å²) < 4.78 is 0. The quantitative estimate of drug-likeness (QED) is 0.567. The number of fused-ring (bicyclic) bond motifs is 8. The Bertz CT molecular complexity index is 536. The average Bonchev–Trinajstić information content (AvgIpc) is 2.92. The van der Waals surface area contributed by atoms with Crippen LogP contribution in [0.15, 0.2) is 70.9 Å². The van der Waals surface area contributed by atoms with Crippen molar-refractivity contribution < 1.29 is 0 Å². The maximum absolute atomic E-state index is 2.50. The van der Waals surface area contributed by atoms with Gasteiger partial charge in [-0.25, -0.2) is 0 Å². The SMILES string of the molecule is C1=CC2=C[C@@H]3[C@H]4C=C5C=CC=C5[C@H]4[C@@H]3C2=C1. The fourth-order valence-corrected chi connectivity index (χ4v) is 4.26. The molecular formula is C16H12. The molecule has 1 saturated carbocycles. The molecule has 5 rings (SSSR count). The molecule has 0 heterocycles. The van der Waals surface area contributed by atoms with Crippen LogP contribution >= 0.6 is 0 Å². The summed E-state index contributed by atoms with van der Waals surface area (Å²) in [6, 6.07) is 0. The van der Waals surface area contributed by atoms with Crippen LogP contribution < -0.4 is 0 Å². The monoisotopic (exact) mass is 204 g/mol. The van der Waals surface area contributed by atoms with E-state index in [1.807, 2.05) is 0 Å². The van der Waals surface area contributed by atoms with Gasteiger partial charge in [-0.15, -0.1) is 0 Å². The lowest BCUT2D eigenvalue weighted by Crippen LogP contribution is -2.41. The van der Waals surface area contributed by atoms with Gasteiger partial charge < -0.3 is 0 Å². The normalized spacial score (nSPS) is 44.0. The summed E-state index contributed by atoms with van der Waals surface area (Å²) in [5, 5.41) is 0. The molecule has 0 spiro atoms. The van der Waals surface area contributed by atoms with Crippen LogP contribution in [0.1, 0.15) is 0 Å². The molecule has 76 valence electrons. The molecule has 4 atom stereocenters. The minimum Gasteiger partial charge on any atom is -0.0726 e. The topological polar surface area (TPSA) is 0 Å². The molecule has 16 heavy (non-hydrogen) atoms. The zero-order valence-electron chi connectivity index (χ0n) is 8.93. The molecule has 0 nitrogen and oxygen atoms in total. The minimum absolute atomic E-state index is 0.787. The number of allylic oxidation sites excluding steroid dienone is 12. The van der Waals surface area contributed by atoms with Gasteiger partial charge in [0.15, 0.2) is 0 Å². The zero-order valence-corrected chi connectivity index (χ0v) is 8.93. The number of rotatable bonds is 0. The van der Waals surface area contributed by atoms with E-state index in [0.29, 0.717) is 0 Å². The lowest BCUT2D eigenvalue weighted by atomic mass is 9.57. The predicted octanol–water partition coefficient (Wildman–Crippen LogP) is 3.34. The first-order valence-electron chi connectivity index (χ1n) is 6.14. The Morgan fingerprint density at radius 3 is 1.69 bits per heavy atom. The molecule has 0 unspecified atom stereocenters. The van der Waals surface area contributed by atoms with Crippen molar-refractivity contribution in [2.24, 2.45) is 23.7 Å². The van der Waals surface area contributed by atoms with E-state index in [-0.39, 0.29) is 0 Å². The molecule has 0 aromatic rings. The van der Waals surface area contributed by atoms with Crippen molar-refractivity contribution >= 4 is 0 Å². The first-order valence-corrected chi connectivity index (χ1v) is 6.14. The van der Waals surface area contributed by atoms with Crippen molar-refractivity contribution in [2.45, 2.75) is 0 Å². The van der Waals surface area contributed by atoms with E-state index >= 15 is 0 Å². The largest absolute Gasteiger partial charge is 0.0726 e. The van der Waals surface area contributed by atoms with Gasteiger partial charge in [-0.1, -0.05) is 48.6 Å². The Hall–Kier alpha value is -1.56. The lowest BCUT2D eigenvalue weighted by molar-refractivity contribution is 0.130. The van der Waals surface area contributed by atoms with Crippen LogP contribution in [0, 0.1) is 23.7 Å². The van der Waals surface area contributed by atoms with Crippen molar-refractivity contribution in [1.82, 2.24) is 0 Å². The predicted molar refractivity (Wildman–Crippen MR) is 64.6 cm³/mol. The van der Waals surface area contributed by atoms with Crippen molar-refractivity contribution in [3.8, 4) is 0 Å². The summed E-state index contributed by atoms with van der Waals surface area (Å²) in [5.74, 6) is 3.16. The Morgan fingerprint density at radius 2 is 1.19 bits per heavy atom. The van der Waals surface area contributed by atoms with Crippen LogP contribution in [0.25, 0.3) is 0 Å². The van der Waals surface area contributed by atoms with Crippen molar-refractivity contribution in [2.75, 3.05) is 0 Å². The first kappa shape index (κ1) is 7.67. The van der Waals surface area contributed by atoms with Crippen LogP contribution in [0.5, 0.6) is 0 Å². The van der Waals surface area contributed by atoms with Crippen molar-refractivity contribution in [1.29, 1.82) is 0 Å². The fourth-order valence-electron chi connectivity index (χ4n) is 4.26. The van der Waals surface area contributed by atoms with Crippen LogP contribution in [0.3, 0.4) is 0 Å². The molecule has 0 aromatic heterocycles. The van der Waals surface area contributed by atoms with E-state index in [1.54, 1.807) is 11.1 Å². The Balaban J connectivity index is 1.66. The molecule has 5 aliphatic rings. The second kappa shape index (κ2) is 2.24. The third-order valence-electron chi connectivity index (χ3n) is 4.89. The highest BCUT2D eigenvalue weighted by molar-refractivity contribution is 5.64. The van der Waals surface area contributed by atoms with Gasteiger partial charge in [0, 0.05) is 0 Å². The van der Waals surface area contributed by atoms with E-state index in [4.69, 9.17) is 0 Å². The lowest BCUT2D eigenvalue weighted by Gasteiger charge is -2.45. The van der Waals surface area contributed by atoms with Gasteiger partial charge in [-0.2, -0.15) is 0 Å². The summed E-state index contributed by atoms with van der Waals surface area (Å²) in [6.07, 6.45) is 18.6. The number of hydrogen-bond acceptors (Lipinski definition) is 0. The third-order valence-corrected chi connectivity index (χ3v) is 4.89. The summed E-state index contributed by atoms with van der Waals surface area (Å²) >= 11 is 0. The molecule has 0 aromatic carbocycles. The van der Waals surface area contributed by atoms with Gasteiger partial charge in [0.1, 0.15) is 0 Å². The van der Waals surface area contributed by atoms with Gasteiger partial charge in [0.2, 0.25) is 0 Å². The molecule has 5 aliphatic carbocycles. The summed E-state index contributed by atoms with van der Waals surface area (Å²) in [7, 11) is 0. The Morgan fingerprint density at radius 1 is 0.688 bits per heavy atom. The van der Waals surface area contributed by atoms with Crippen LogP contribution in [-0.2, 0) is 0 Å². The van der Waals surface area contributed by atoms with Crippen LogP contribution in [-0.4, -0.2) is 0 Å². The van der Waals surface area contributed by atoms with E-state index in [2.05, 4.69) is 48.6 Å². The molecule has 0 saturated heterocycles. The summed E-state index contributed by atoms with van der Waals surface area (Å²) in [6.45, 7) is 0. The molecule has 0 radical (unpaired) electrons. The van der Waals surface area contributed by atoms with Gasteiger partial charge in [-0.05, 0) is 46.0 Å². The number of hydrogen-bond donors (Lipinski definition) is 0. The van der Waals surface area contributed by atoms with Gasteiger partial charge in [-0.3, -0.25) is 0 Å². The maximum atomic E-state index is 2.50. The zero-order chi connectivity index (χ0) is 10.3. The van der Waals surface area contributed by atoms with E-state index in [0.717, 1.165) is 23.7 Å².